The number of benzene rings is 1. The molecule has 0 saturated carbocycles. The van der Waals surface area contributed by atoms with Crippen LogP contribution >= 0.6 is 11.8 Å². The van der Waals surface area contributed by atoms with Crippen LogP contribution in [0.25, 0.3) is 0 Å². The zero-order chi connectivity index (χ0) is 16.7. The molecule has 1 aromatic carbocycles. The van der Waals surface area contributed by atoms with Gasteiger partial charge in [0, 0.05) is 43.2 Å². The Bertz CT molecular complexity index is 539. The van der Waals surface area contributed by atoms with E-state index in [0.717, 1.165) is 18.1 Å². The molecule has 7 heteroatoms. The van der Waals surface area contributed by atoms with Gasteiger partial charge in [-0.15, -0.1) is 0 Å². The van der Waals surface area contributed by atoms with E-state index in [-0.39, 0.29) is 23.6 Å². The lowest BCUT2D eigenvalue weighted by atomic mass is 10.1. The third kappa shape index (κ3) is 5.84. The molecule has 1 heterocycles. The lowest BCUT2D eigenvalue weighted by molar-refractivity contribution is -0.145. The van der Waals surface area contributed by atoms with Crippen molar-refractivity contribution in [2.45, 2.75) is 6.42 Å². The number of halogens is 1. The Morgan fingerprint density at radius 1 is 1.39 bits per heavy atom. The number of rotatable bonds is 5. The normalized spacial score (nSPS) is 19.0. The minimum Gasteiger partial charge on any atom is -0.469 e. The highest BCUT2D eigenvalue weighted by Crippen LogP contribution is 2.17. The van der Waals surface area contributed by atoms with Crippen LogP contribution in [0.3, 0.4) is 0 Å². The summed E-state index contributed by atoms with van der Waals surface area (Å²) >= 11 is 1.73. The second-order valence-electron chi connectivity index (χ2n) is 5.40. The van der Waals surface area contributed by atoms with E-state index in [1.54, 1.807) is 11.8 Å². The van der Waals surface area contributed by atoms with E-state index in [2.05, 4.69) is 10.2 Å². The lowest BCUT2D eigenvalue weighted by Gasteiger charge is -2.22. The van der Waals surface area contributed by atoms with E-state index >= 15 is 0 Å². The van der Waals surface area contributed by atoms with Crippen molar-refractivity contribution in [3.63, 3.8) is 0 Å². The summed E-state index contributed by atoms with van der Waals surface area (Å²) in [5, 5.41) is 2.74. The minimum atomic E-state index is -0.334. The molecular formula is C16H21FN2O3S. The number of amides is 1. The summed E-state index contributed by atoms with van der Waals surface area (Å²) in [5.41, 5.74) is 0.579. The van der Waals surface area contributed by atoms with Crippen molar-refractivity contribution in [3.05, 3.63) is 30.1 Å². The van der Waals surface area contributed by atoms with Gasteiger partial charge >= 0.3 is 5.97 Å². The monoisotopic (exact) mass is 340 g/mol. The summed E-state index contributed by atoms with van der Waals surface area (Å²) in [5.74, 6) is 0.896. The SMILES string of the molecule is COC(=O)[C@@H]1CSCCN(CCC(=O)Nc2ccc(F)cc2)C1. The highest BCUT2D eigenvalue weighted by molar-refractivity contribution is 7.99. The third-order valence-electron chi connectivity index (χ3n) is 3.67. The van der Waals surface area contributed by atoms with Crippen LogP contribution in [0.4, 0.5) is 10.1 Å². The maximum Gasteiger partial charge on any atom is 0.310 e. The fourth-order valence-corrected chi connectivity index (χ4v) is 3.48. The molecule has 1 aliphatic rings. The van der Waals surface area contributed by atoms with E-state index in [0.29, 0.717) is 25.2 Å². The fraction of sp³-hybridized carbons (Fsp3) is 0.500. The van der Waals surface area contributed by atoms with Gasteiger partial charge in [0.1, 0.15) is 5.82 Å². The largest absolute Gasteiger partial charge is 0.469 e. The van der Waals surface area contributed by atoms with Gasteiger partial charge in [-0.2, -0.15) is 11.8 Å². The summed E-state index contributed by atoms with van der Waals surface area (Å²) in [6.07, 6.45) is 0.329. The number of carbonyl (C=O) groups excluding carboxylic acids is 2. The molecule has 0 spiro atoms. The molecule has 0 radical (unpaired) electrons. The molecule has 2 rings (SSSR count). The second kappa shape index (κ2) is 8.88. The maximum atomic E-state index is 12.8. The van der Waals surface area contributed by atoms with Crippen LogP contribution in [0.5, 0.6) is 0 Å². The molecule has 1 N–H and O–H groups in total. The number of ether oxygens (including phenoxy) is 1. The van der Waals surface area contributed by atoms with Crippen LogP contribution in [0.2, 0.25) is 0 Å². The van der Waals surface area contributed by atoms with Gasteiger partial charge in [-0.3, -0.25) is 9.59 Å². The number of thioether (sulfide) groups is 1. The van der Waals surface area contributed by atoms with E-state index in [4.69, 9.17) is 4.74 Å². The Balaban J connectivity index is 1.80. The van der Waals surface area contributed by atoms with Crippen LogP contribution in [0.15, 0.2) is 24.3 Å². The lowest BCUT2D eigenvalue weighted by Crippen LogP contribution is -2.36. The first-order valence-electron chi connectivity index (χ1n) is 7.52. The number of hydrogen-bond acceptors (Lipinski definition) is 5. The predicted molar refractivity (Wildman–Crippen MR) is 88.9 cm³/mol. The molecule has 0 bridgehead atoms. The van der Waals surface area contributed by atoms with E-state index in [1.165, 1.54) is 31.4 Å². The van der Waals surface area contributed by atoms with E-state index in [1.807, 2.05) is 0 Å². The third-order valence-corrected chi connectivity index (χ3v) is 4.78. The van der Waals surface area contributed by atoms with Crippen molar-refractivity contribution in [3.8, 4) is 0 Å². The van der Waals surface area contributed by atoms with Gasteiger partial charge in [0.05, 0.1) is 13.0 Å². The Labute approximate surface area is 139 Å². The molecular weight excluding hydrogens is 319 g/mol. The number of carbonyl (C=O) groups is 2. The summed E-state index contributed by atoms with van der Waals surface area (Å²) in [6, 6.07) is 5.68. The molecule has 0 unspecified atom stereocenters. The average molecular weight is 340 g/mol. The van der Waals surface area contributed by atoms with Crippen LogP contribution in [0, 0.1) is 11.7 Å². The van der Waals surface area contributed by atoms with Crippen molar-refractivity contribution >= 4 is 29.3 Å². The number of esters is 1. The minimum absolute atomic E-state index is 0.122. The summed E-state index contributed by atoms with van der Waals surface area (Å²) in [4.78, 5) is 25.8. The van der Waals surface area contributed by atoms with E-state index in [9.17, 15) is 14.0 Å². The van der Waals surface area contributed by atoms with Gasteiger partial charge in [0.2, 0.25) is 5.91 Å². The molecule has 1 aliphatic heterocycles. The molecule has 23 heavy (non-hydrogen) atoms. The van der Waals surface area contributed by atoms with Gasteiger partial charge in [-0.1, -0.05) is 0 Å². The van der Waals surface area contributed by atoms with Crippen LogP contribution in [0.1, 0.15) is 6.42 Å². The van der Waals surface area contributed by atoms with Gasteiger partial charge in [0.15, 0.2) is 0 Å². The van der Waals surface area contributed by atoms with Gasteiger partial charge in [-0.25, -0.2) is 4.39 Å². The van der Waals surface area contributed by atoms with Crippen molar-refractivity contribution < 1.29 is 18.7 Å². The molecule has 0 aromatic heterocycles. The first kappa shape index (κ1) is 17.7. The highest BCUT2D eigenvalue weighted by atomic mass is 32.2. The number of methoxy groups -OCH3 is 1. The first-order valence-corrected chi connectivity index (χ1v) is 8.67. The van der Waals surface area contributed by atoms with Crippen molar-refractivity contribution in [1.82, 2.24) is 4.90 Å². The average Bonchev–Trinajstić information content (AvgIpc) is 2.80. The molecule has 1 saturated heterocycles. The fourth-order valence-electron chi connectivity index (χ4n) is 2.40. The van der Waals surface area contributed by atoms with Gasteiger partial charge < -0.3 is 15.0 Å². The standard InChI is InChI=1S/C16H21FN2O3S/c1-22-16(21)12-10-19(8-9-23-11-12)7-6-15(20)18-14-4-2-13(17)3-5-14/h2-5,12H,6-11H2,1H3,(H,18,20)/t12-/m0/s1. The van der Waals surface area contributed by atoms with Crippen molar-refractivity contribution in [1.29, 1.82) is 0 Å². The van der Waals surface area contributed by atoms with Crippen molar-refractivity contribution in [2.24, 2.45) is 5.92 Å². The number of anilines is 1. The molecule has 1 amide bonds. The zero-order valence-electron chi connectivity index (χ0n) is 13.1. The van der Waals surface area contributed by atoms with Crippen LogP contribution in [-0.4, -0.2) is 55.0 Å². The summed E-state index contributed by atoms with van der Waals surface area (Å²) in [7, 11) is 1.40. The van der Waals surface area contributed by atoms with Crippen LogP contribution < -0.4 is 5.32 Å². The molecule has 126 valence electrons. The molecule has 1 aromatic rings. The Hall–Kier alpha value is -1.60. The smallest absolute Gasteiger partial charge is 0.310 e. The van der Waals surface area contributed by atoms with E-state index < -0.39 is 0 Å². The summed E-state index contributed by atoms with van der Waals surface area (Å²) in [6.45, 7) is 2.05. The summed E-state index contributed by atoms with van der Waals surface area (Å²) < 4.78 is 17.6. The number of nitrogens with one attached hydrogen (secondary N) is 1. The second-order valence-corrected chi connectivity index (χ2v) is 6.55. The number of nitrogens with zero attached hydrogens (tertiary/aromatic N) is 1. The van der Waals surface area contributed by atoms with Gasteiger partial charge in [0.25, 0.3) is 0 Å². The Kier molecular flexibility index (Phi) is 6.85. The molecule has 0 aliphatic carbocycles. The molecule has 1 fully saturated rings. The molecule has 1 atom stereocenters. The van der Waals surface area contributed by atoms with Crippen LogP contribution in [-0.2, 0) is 14.3 Å². The highest BCUT2D eigenvalue weighted by Gasteiger charge is 2.25. The topological polar surface area (TPSA) is 58.6 Å². The maximum absolute atomic E-state index is 12.8. The predicted octanol–water partition coefficient (Wildman–Crippen LogP) is 1.99. The first-order chi connectivity index (χ1) is 11.1. The zero-order valence-corrected chi connectivity index (χ0v) is 13.9. The van der Waals surface area contributed by atoms with Gasteiger partial charge in [-0.05, 0) is 24.3 Å². The van der Waals surface area contributed by atoms with Crippen molar-refractivity contribution in [2.75, 3.05) is 43.6 Å². The Morgan fingerprint density at radius 3 is 2.83 bits per heavy atom. The quantitative estimate of drug-likeness (QED) is 0.831. The number of hydrogen-bond donors (Lipinski definition) is 1. The molecule has 5 nitrogen and oxygen atoms in total. The Morgan fingerprint density at radius 2 is 2.13 bits per heavy atom.